The van der Waals surface area contributed by atoms with Gasteiger partial charge in [0.2, 0.25) is 0 Å². The molecule has 0 spiro atoms. The van der Waals surface area contributed by atoms with Crippen LogP contribution in [0, 0.1) is 0 Å². The third kappa shape index (κ3) is 2.87. The molecular weight excluding hydrogens is 178 g/mol. The van der Waals surface area contributed by atoms with Crippen molar-refractivity contribution in [2.45, 2.75) is 26.3 Å². The molecule has 4 heteroatoms. The molecule has 0 aromatic heterocycles. The Morgan fingerprint density at radius 1 is 1.50 bits per heavy atom. The molecule has 1 saturated heterocycles. The lowest BCUT2D eigenvalue weighted by Gasteiger charge is -2.37. The summed E-state index contributed by atoms with van der Waals surface area (Å²) in [4.78, 5) is 15.8. The standard InChI is InChI=1S/C10H21N3O/c1-4-5-11-10(14)13-7-6-12(3)9(2)8-13/h9H,4-8H2,1-3H3,(H,11,14). The van der Waals surface area contributed by atoms with Crippen LogP contribution >= 0.6 is 0 Å². The van der Waals surface area contributed by atoms with Gasteiger partial charge in [0.1, 0.15) is 0 Å². The maximum atomic E-state index is 11.6. The largest absolute Gasteiger partial charge is 0.338 e. The molecule has 0 aliphatic carbocycles. The predicted molar refractivity (Wildman–Crippen MR) is 57.4 cm³/mol. The van der Waals surface area contributed by atoms with Gasteiger partial charge < -0.3 is 15.1 Å². The number of rotatable bonds is 2. The first-order valence-corrected chi connectivity index (χ1v) is 5.38. The van der Waals surface area contributed by atoms with Crippen molar-refractivity contribution >= 4 is 6.03 Å². The van der Waals surface area contributed by atoms with Crippen LogP contribution in [0.2, 0.25) is 0 Å². The zero-order valence-corrected chi connectivity index (χ0v) is 9.42. The van der Waals surface area contributed by atoms with Gasteiger partial charge in [-0.2, -0.15) is 0 Å². The normalized spacial score (nSPS) is 23.6. The highest BCUT2D eigenvalue weighted by atomic mass is 16.2. The van der Waals surface area contributed by atoms with Crippen LogP contribution < -0.4 is 5.32 Å². The van der Waals surface area contributed by atoms with Crippen LogP contribution in [-0.2, 0) is 0 Å². The lowest BCUT2D eigenvalue weighted by atomic mass is 10.2. The Kier molecular flexibility index (Phi) is 4.20. The Morgan fingerprint density at radius 2 is 2.21 bits per heavy atom. The zero-order valence-electron chi connectivity index (χ0n) is 9.42. The first-order chi connectivity index (χ1) is 6.65. The summed E-state index contributed by atoms with van der Waals surface area (Å²) in [5.41, 5.74) is 0. The van der Waals surface area contributed by atoms with E-state index in [9.17, 15) is 4.79 Å². The highest BCUT2D eigenvalue weighted by Gasteiger charge is 2.23. The van der Waals surface area contributed by atoms with Gasteiger partial charge >= 0.3 is 6.03 Å². The SMILES string of the molecule is CCCNC(=O)N1CCN(C)C(C)C1. The molecule has 1 unspecified atom stereocenters. The number of likely N-dealkylation sites (N-methyl/N-ethyl adjacent to an activating group) is 1. The van der Waals surface area contributed by atoms with E-state index in [1.54, 1.807) is 0 Å². The topological polar surface area (TPSA) is 35.6 Å². The maximum absolute atomic E-state index is 11.6. The van der Waals surface area contributed by atoms with E-state index in [4.69, 9.17) is 0 Å². The van der Waals surface area contributed by atoms with Gasteiger partial charge in [0.05, 0.1) is 0 Å². The zero-order chi connectivity index (χ0) is 10.6. The molecule has 0 saturated carbocycles. The summed E-state index contributed by atoms with van der Waals surface area (Å²) in [6, 6.07) is 0.558. The van der Waals surface area contributed by atoms with E-state index in [1.165, 1.54) is 0 Å². The molecule has 0 aromatic rings. The van der Waals surface area contributed by atoms with E-state index in [2.05, 4.69) is 31.1 Å². The summed E-state index contributed by atoms with van der Waals surface area (Å²) in [6.07, 6.45) is 0.995. The molecular formula is C10H21N3O. The molecule has 1 rings (SSSR count). The third-order valence-electron chi connectivity index (χ3n) is 2.77. The molecule has 0 bridgehead atoms. The fraction of sp³-hybridized carbons (Fsp3) is 0.900. The molecule has 0 radical (unpaired) electrons. The van der Waals surface area contributed by atoms with Crippen molar-refractivity contribution in [1.82, 2.24) is 15.1 Å². The van der Waals surface area contributed by atoms with Crippen molar-refractivity contribution in [3.8, 4) is 0 Å². The average molecular weight is 199 g/mol. The number of carbonyl (C=O) groups excluding carboxylic acids is 1. The number of hydrogen-bond acceptors (Lipinski definition) is 2. The average Bonchev–Trinajstić information content (AvgIpc) is 2.18. The lowest BCUT2D eigenvalue weighted by Crippen LogP contribution is -2.54. The van der Waals surface area contributed by atoms with Crippen LogP contribution in [0.3, 0.4) is 0 Å². The van der Waals surface area contributed by atoms with E-state index in [-0.39, 0.29) is 6.03 Å². The van der Waals surface area contributed by atoms with Crippen molar-refractivity contribution in [3.63, 3.8) is 0 Å². The molecule has 0 aromatic carbocycles. The first kappa shape index (κ1) is 11.3. The predicted octanol–water partition coefficient (Wildman–Crippen LogP) is 0.742. The van der Waals surface area contributed by atoms with Gasteiger partial charge in [-0.3, -0.25) is 0 Å². The molecule has 1 N–H and O–H groups in total. The van der Waals surface area contributed by atoms with Crippen molar-refractivity contribution in [1.29, 1.82) is 0 Å². The van der Waals surface area contributed by atoms with Crippen molar-refractivity contribution in [3.05, 3.63) is 0 Å². The molecule has 2 amide bonds. The van der Waals surface area contributed by atoms with Crippen LogP contribution in [0.25, 0.3) is 0 Å². The van der Waals surface area contributed by atoms with E-state index in [0.29, 0.717) is 6.04 Å². The second-order valence-electron chi connectivity index (χ2n) is 4.01. The molecule has 82 valence electrons. The first-order valence-electron chi connectivity index (χ1n) is 5.38. The maximum Gasteiger partial charge on any atom is 0.317 e. The van der Waals surface area contributed by atoms with Gasteiger partial charge in [0.25, 0.3) is 0 Å². The highest BCUT2D eigenvalue weighted by Crippen LogP contribution is 2.06. The van der Waals surface area contributed by atoms with Gasteiger partial charge in [-0.1, -0.05) is 6.92 Å². The fourth-order valence-corrected chi connectivity index (χ4v) is 1.58. The van der Waals surface area contributed by atoms with Gasteiger partial charge in [0.15, 0.2) is 0 Å². The number of amides is 2. The number of urea groups is 1. The monoisotopic (exact) mass is 199 g/mol. The number of nitrogens with zero attached hydrogens (tertiary/aromatic N) is 2. The minimum atomic E-state index is 0.0896. The summed E-state index contributed by atoms with van der Waals surface area (Å²) in [5.74, 6) is 0. The van der Waals surface area contributed by atoms with E-state index in [1.807, 2.05) is 4.90 Å². The summed E-state index contributed by atoms with van der Waals surface area (Å²) in [7, 11) is 2.10. The summed E-state index contributed by atoms with van der Waals surface area (Å²) in [5, 5.41) is 2.91. The minimum absolute atomic E-state index is 0.0896. The highest BCUT2D eigenvalue weighted by molar-refractivity contribution is 5.74. The molecule has 14 heavy (non-hydrogen) atoms. The van der Waals surface area contributed by atoms with Gasteiger partial charge in [-0.25, -0.2) is 4.79 Å². The minimum Gasteiger partial charge on any atom is -0.338 e. The summed E-state index contributed by atoms with van der Waals surface area (Å²) < 4.78 is 0. The van der Waals surface area contributed by atoms with Crippen LogP contribution in [-0.4, -0.2) is 55.1 Å². The summed E-state index contributed by atoms with van der Waals surface area (Å²) in [6.45, 7) is 7.65. The number of piperazine rings is 1. The van der Waals surface area contributed by atoms with Crippen LogP contribution in [0.15, 0.2) is 0 Å². The van der Waals surface area contributed by atoms with Crippen molar-refractivity contribution in [2.24, 2.45) is 0 Å². The van der Waals surface area contributed by atoms with Crippen molar-refractivity contribution < 1.29 is 4.79 Å². The second-order valence-corrected chi connectivity index (χ2v) is 4.01. The molecule has 1 aliphatic rings. The Morgan fingerprint density at radius 3 is 2.79 bits per heavy atom. The van der Waals surface area contributed by atoms with E-state index >= 15 is 0 Å². The molecule has 4 nitrogen and oxygen atoms in total. The Balaban J connectivity index is 2.34. The van der Waals surface area contributed by atoms with Crippen LogP contribution in [0.4, 0.5) is 4.79 Å². The van der Waals surface area contributed by atoms with Gasteiger partial charge in [-0.15, -0.1) is 0 Å². The Bertz CT molecular complexity index is 196. The number of hydrogen-bond donors (Lipinski definition) is 1. The lowest BCUT2D eigenvalue weighted by molar-refractivity contribution is 0.118. The van der Waals surface area contributed by atoms with E-state index < -0.39 is 0 Å². The third-order valence-corrected chi connectivity index (χ3v) is 2.77. The number of nitrogens with one attached hydrogen (secondary N) is 1. The fourth-order valence-electron chi connectivity index (χ4n) is 1.58. The van der Waals surface area contributed by atoms with Gasteiger partial charge in [-0.05, 0) is 20.4 Å². The Labute approximate surface area is 86.2 Å². The molecule has 1 fully saturated rings. The molecule has 1 aliphatic heterocycles. The number of carbonyl (C=O) groups is 1. The van der Waals surface area contributed by atoms with Gasteiger partial charge in [0, 0.05) is 32.2 Å². The van der Waals surface area contributed by atoms with E-state index in [0.717, 1.165) is 32.6 Å². The van der Waals surface area contributed by atoms with Crippen LogP contribution in [0.5, 0.6) is 0 Å². The smallest absolute Gasteiger partial charge is 0.317 e. The van der Waals surface area contributed by atoms with Crippen LogP contribution in [0.1, 0.15) is 20.3 Å². The van der Waals surface area contributed by atoms with Crippen molar-refractivity contribution in [2.75, 3.05) is 33.2 Å². The second kappa shape index (κ2) is 5.20. The quantitative estimate of drug-likeness (QED) is 0.712. The summed E-state index contributed by atoms with van der Waals surface area (Å²) >= 11 is 0. The molecule has 1 atom stereocenters. The Hall–Kier alpha value is -0.770. The molecule has 1 heterocycles.